The molecule has 0 aliphatic rings. The smallest absolute Gasteiger partial charge is 0.163 e. The van der Waals surface area contributed by atoms with Gasteiger partial charge in [-0.25, -0.2) is 9.67 Å². The van der Waals surface area contributed by atoms with Crippen molar-refractivity contribution >= 4 is 22.8 Å². The first-order valence-corrected chi connectivity index (χ1v) is 7.67. The zero-order valence-electron chi connectivity index (χ0n) is 12.5. The van der Waals surface area contributed by atoms with Crippen molar-refractivity contribution in [2.24, 2.45) is 14.1 Å². The number of fused-ring (bicyclic) bond motifs is 1. The van der Waals surface area contributed by atoms with Gasteiger partial charge in [0.1, 0.15) is 11.3 Å². The third-order valence-corrected chi connectivity index (χ3v) is 3.72. The second kappa shape index (κ2) is 5.52. The van der Waals surface area contributed by atoms with E-state index < -0.39 is 0 Å². The number of hydrogen-bond donors (Lipinski definition) is 0. The molecular weight excluding hydrogens is 288 g/mol. The molecule has 3 aromatic rings. The van der Waals surface area contributed by atoms with E-state index in [1.807, 2.05) is 31.2 Å². The summed E-state index contributed by atoms with van der Waals surface area (Å²) in [6.07, 6.45) is 6.52. The Labute approximate surface area is 128 Å². The van der Waals surface area contributed by atoms with Gasteiger partial charge < -0.3 is 0 Å². The molecule has 3 rings (SSSR count). The molecule has 6 nitrogen and oxygen atoms in total. The van der Waals surface area contributed by atoms with Crippen LogP contribution in [0.3, 0.4) is 0 Å². The van der Waals surface area contributed by atoms with Crippen molar-refractivity contribution in [3.05, 3.63) is 23.9 Å². The number of halogens is 1. The number of imidazole rings is 1. The highest BCUT2D eigenvalue weighted by Crippen LogP contribution is 2.24. The zero-order chi connectivity index (χ0) is 15.0. The molecule has 0 atom stereocenters. The Bertz CT molecular complexity index is 766. The molecule has 0 aromatic carbocycles. The molecule has 3 aromatic heterocycles. The van der Waals surface area contributed by atoms with E-state index in [1.54, 1.807) is 4.68 Å². The lowest BCUT2D eigenvalue weighted by molar-refractivity contribution is 0.728. The maximum absolute atomic E-state index is 5.94. The average molecular weight is 307 g/mol. The lowest BCUT2D eigenvalue weighted by atomic mass is 10.2. The fraction of sp³-hybridized carbons (Fsp3) is 0.500. The fourth-order valence-corrected chi connectivity index (χ4v) is 2.85. The summed E-state index contributed by atoms with van der Waals surface area (Å²) in [7, 11) is 3.87. The van der Waals surface area contributed by atoms with E-state index in [9.17, 15) is 0 Å². The van der Waals surface area contributed by atoms with Crippen LogP contribution in [0.15, 0.2) is 12.4 Å². The van der Waals surface area contributed by atoms with E-state index in [4.69, 9.17) is 16.6 Å². The van der Waals surface area contributed by atoms with Crippen LogP contribution in [0, 0.1) is 0 Å². The number of nitrogens with zero attached hydrogens (tertiary/aromatic N) is 6. The van der Waals surface area contributed by atoms with E-state index in [0.717, 1.165) is 47.6 Å². The summed E-state index contributed by atoms with van der Waals surface area (Å²) in [4.78, 5) is 4.79. The third-order valence-electron chi connectivity index (χ3n) is 3.53. The molecular formula is C14H19ClN6. The lowest BCUT2D eigenvalue weighted by Crippen LogP contribution is -2.05. The van der Waals surface area contributed by atoms with Crippen LogP contribution in [0.4, 0.5) is 0 Å². The molecule has 7 heteroatoms. The molecule has 0 aliphatic carbocycles. The molecule has 0 bridgehead atoms. The minimum absolute atomic E-state index is 0.542. The first-order chi connectivity index (χ1) is 10.2. The summed E-state index contributed by atoms with van der Waals surface area (Å²) in [6, 6.07) is 0. The van der Waals surface area contributed by atoms with Crippen LogP contribution in [0.1, 0.15) is 24.9 Å². The quantitative estimate of drug-likeness (QED) is 0.679. The normalized spacial score (nSPS) is 11.6. The monoisotopic (exact) mass is 306 g/mol. The van der Waals surface area contributed by atoms with Gasteiger partial charge in [-0.05, 0) is 6.42 Å². The summed E-state index contributed by atoms with van der Waals surface area (Å²) in [5.41, 5.74) is 4.02. The molecule has 0 radical (unpaired) electrons. The number of rotatable bonds is 5. The Morgan fingerprint density at radius 3 is 2.67 bits per heavy atom. The molecule has 0 saturated carbocycles. The van der Waals surface area contributed by atoms with Crippen LogP contribution in [-0.4, -0.2) is 35.0 Å². The van der Waals surface area contributed by atoms with Crippen molar-refractivity contribution in [1.82, 2.24) is 29.1 Å². The minimum Gasteiger partial charge on any atom is -0.278 e. The SMILES string of the molecule is CCCc1nn(C)c2c1nc(CCCl)n2-c1cnn(C)c1. The highest BCUT2D eigenvalue weighted by Gasteiger charge is 2.20. The van der Waals surface area contributed by atoms with Gasteiger partial charge in [0.25, 0.3) is 0 Å². The van der Waals surface area contributed by atoms with Crippen LogP contribution in [-0.2, 0) is 26.9 Å². The van der Waals surface area contributed by atoms with Crippen LogP contribution in [0.2, 0.25) is 0 Å². The molecule has 0 aliphatic heterocycles. The van der Waals surface area contributed by atoms with Crippen LogP contribution in [0.5, 0.6) is 0 Å². The summed E-state index contributed by atoms with van der Waals surface area (Å²) in [5.74, 6) is 1.50. The van der Waals surface area contributed by atoms with E-state index in [2.05, 4.69) is 21.7 Å². The standard InChI is InChI=1S/C14H19ClN6/c1-4-5-11-13-14(20(3)18-11)21(12(17-13)6-7-15)10-8-16-19(2)9-10/h8-9H,4-7H2,1-3H3. The van der Waals surface area contributed by atoms with Gasteiger partial charge in [0, 0.05) is 32.6 Å². The Morgan fingerprint density at radius 1 is 1.24 bits per heavy atom. The van der Waals surface area contributed by atoms with Crippen molar-refractivity contribution in [2.45, 2.75) is 26.2 Å². The van der Waals surface area contributed by atoms with E-state index in [0.29, 0.717) is 5.88 Å². The molecule has 21 heavy (non-hydrogen) atoms. The Hall–Kier alpha value is -1.82. The van der Waals surface area contributed by atoms with Crippen molar-refractivity contribution in [2.75, 3.05) is 5.88 Å². The highest BCUT2D eigenvalue weighted by molar-refractivity contribution is 6.17. The largest absolute Gasteiger partial charge is 0.278 e. The van der Waals surface area contributed by atoms with E-state index in [1.165, 1.54) is 0 Å². The average Bonchev–Trinajstić information content (AvgIpc) is 3.09. The Morgan fingerprint density at radius 2 is 2.05 bits per heavy atom. The zero-order valence-corrected chi connectivity index (χ0v) is 13.3. The van der Waals surface area contributed by atoms with Gasteiger partial charge in [-0.2, -0.15) is 10.2 Å². The molecule has 0 spiro atoms. The topological polar surface area (TPSA) is 53.5 Å². The summed E-state index contributed by atoms with van der Waals surface area (Å²) in [6.45, 7) is 2.15. The van der Waals surface area contributed by atoms with Crippen LogP contribution in [0.25, 0.3) is 16.9 Å². The maximum atomic E-state index is 5.94. The summed E-state index contributed by atoms with van der Waals surface area (Å²) < 4.78 is 5.80. The van der Waals surface area contributed by atoms with Gasteiger partial charge in [-0.1, -0.05) is 13.3 Å². The molecule has 112 valence electrons. The second-order valence-corrected chi connectivity index (χ2v) is 5.55. The molecule has 0 fully saturated rings. The molecule has 0 amide bonds. The number of hydrogen-bond acceptors (Lipinski definition) is 3. The first kappa shape index (κ1) is 14.1. The number of aromatic nitrogens is 6. The molecule has 0 N–H and O–H groups in total. The van der Waals surface area contributed by atoms with Gasteiger partial charge in [0.05, 0.1) is 17.6 Å². The van der Waals surface area contributed by atoms with Gasteiger partial charge in [0.15, 0.2) is 5.65 Å². The predicted molar refractivity (Wildman–Crippen MR) is 83.0 cm³/mol. The molecule has 0 saturated heterocycles. The Balaban J connectivity index is 2.26. The molecule has 0 unspecified atom stereocenters. The Kier molecular flexibility index (Phi) is 3.71. The first-order valence-electron chi connectivity index (χ1n) is 7.13. The van der Waals surface area contributed by atoms with Crippen molar-refractivity contribution in [1.29, 1.82) is 0 Å². The summed E-state index contributed by atoms with van der Waals surface area (Å²) >= 11 is 5.94. The van der Waals surface area contributed by atoms with Crippen molar-refractivity contribution in [3.8, 4) is 5.69 Å². The minimum atomic E-state index is 0.542. The predicted octanol–water partition coefficient (Wildman–Crippen LogP) is 2.23. The fourth-order valence-electron chi connectivity index (χ4n) is 2.68. The van der Waals surface area contributed by atoms with Crippen LogP contribution < -0.4 is 0 Å². The van der Waals surface area contributed by atoms with Gasteiger partial charge in [0.2, 0.25) is 0 Å². The molecule has 3 heterocycles. The summed E-state index contributed by atoms with van der Waals surface area (Å²) in [5, 5.41) is 8.87. The van der Waals surface area contributed by atoms with Crippen molar-refractivity contribution in [3.63, 3.8) is 0 Å². The van der Waals surface area contributed by atoms with Gasteiger partial charge >= 0.3 is 0 Å². The second-order valence-electron chi connectivity index (χ2n) is 5.17. The highest BCUT2D eigenvalue weighted by atomic mass is 35.5. The van der Waals surface area contributed by atoms with Gasteiger partial charge in [-0.15, -0.1) is 11.6 Å². The van der Waals surface area contributed by atoms with Gasteiger partial charge in [-0.3, -0.25) is 9.25 Å². The maximum Gasteiger partial charge on any atom is 0.163 e. The number of aryl methyl sites for hydroxylation is 4. The third kappa shape index (κ3) is 2.33. The van der Waals surface area contributed by atoms with E-state index in [-0.39, 0.29) is 0 Å². The lowest BCUT2D eigenvalue weighted by Gasteiger charge is -2.05. The number of alkyl halides is 1. The van der Waals surface area contributed by atoms with Crippen LogP contribution >= 0.6 is 11.6 Å². The van der Waals surface area contributed by atoms with E-state index >= 15 is 0 Å². The van der Waals surface area contributed by atoms with Crippen molar-refractivity contribution < 1.29 is 0 Å².